The Morgan fingerprint density at radius 1 is 1.16 bits per heavy atom. The normalized spacial score (nSPS) is 27.3. The first-order chi connectivity index (χ1) is 15.5. The Labute approximate surface area is 187 Å². The number of fused-ring (bicyclic) bond motifs is 4. The van der Waals surface area contributed by atoms with E-state index in [9.17, 15) is 14.7 Å². The Hall–Kier alpha value is -2.68. The van der Waals surface area contributed by atoms with Gasteiger partial charge in [0.25, 0.3) is 5.56 Å². The number of amides is 1. The summed E-state index contributed by atoms with van der Waals surface area (Å²) >= 11 is 0. The fourth-order valence-corrected chi connectivity index (χ4v) is 5.66. The third-order valence-electron chi connectivity index (χ3n) is 7.36. The monoisotopic (exact) mass is 439 g/mol. The molecule has 1 aromatic carbocycles. The van der Waals surface area contributed by atoms with Crippen LogP contribution in [0.25, 0.3) is 11.1 Å². The van der Waals surface area contributed by atoms with Crippen LogP contribution < -0.4 is 10.3 Å². The molecule has 0 unspecified atom stereocenters. The summed E-state index contributed by atoms with van der Waals surface area (Å²) in [6, 6.07) is 11.0. The lowest BCUT2D eigenvalue weighted by Gasteiger charge is -2.36. The van der Waals surface area contributed by atoms with E-state index in [0.717, 1.165) is 17.0 Å². The molecule has 0 spiro atoms. The van der Waals surface area contributed by atoms with E-state index in [0.29, 0.717) is 38.4 Å². The van der Waals surface area contributed by atoms with Gasteiger partial charge < -0.3 is 24.0 Å². The van der Waals surface area contributed by atoms with Gasteiger partial charge in [-0.2, -0.15) is 0 Å². The molecule has 4 heterocycles. The summed E-state index contributed by atoms with van der Waals surface area (Å²) in [4.78, 5) is 31.1. The number of benzene rings is 1. The molecular weight excluding hydrogens is 410 g/mol. The molecule has 3 aliphatic heterocycles. The number of carbonyl (C=O) groups excluding carboxylic acids is 1. The molecule has 2 saturated heterocycles. The first-order valence-corrected chi connectivity index (χ1v) is 11.1. The summed E-state index contributed by atoms with van der Waals surface area (Å²) in [6.07, 6.45) is 0. The predicted molar refractivity (Wildman–Crippen MR) is 118 cm³/mol. The largest absolute Gasteiger partial charge is 0.497 e. The zero-order valence-electron chi connectivity index (χ0n) is 18.4. The fraction of sp³-hybridized carbons (Fsp3) is 0.500. The molecule has 8 nitrogen and oxygen atoms in total. The minimum absolute atomic E-state index is 0.0480. The van der Waals surface area contributed by atoms with Crippen molar-refractivity contribution in [1.29, 1.82) is 0 Å². The molecule has 3 aliphatic rings. The van der Waals surface area contributed by atoms with Gasteiger partial charge in [-0.25, -0.2) is 0 Å². The Bertz CT molecular complexity index is 1060. The minimum Gasteiger partial charge on any atom is -0.497 e. The average molecular weight is 440 g/mol. The highest BCUT2D eigenvalue weighted by Gasteiger charge is 2.55. The number of pyridine rings is 1. The van der Waals surface area contributed by atoms with E-state index >= 15 is 0 Å². The van der Waals surface area contributed by atoms with Crippen molar-refractivity contribution >= 4 is 5.91 Å². The number of ether oxygens (including phenoxy) is 2. The summed E-state index contributed by atoms with van der Waals surface area (Å²) in [5, 5.41) is 10.3. The van der Waals surface area contributed by atoms with Crippen LogP contribution in [-0.2, 0) is 16.1 Å². The van der Waals surface area contributed by atoms with E-state index < -0.39 is 0 Å². The van der Waals surface area contributed by atoms with E-state index in [2.05, 4.69) is 4.90 Å². The summed E-state index contributed by atoms with van der Waals surface area (Å²) in [5.74, 6) is 0.186. The van der Waals surface area contributed by atoms with Crippen LogP contribution in [0.15, 0.2) is 41.2 Å². The van der Waals surface area contributed by atoms with E-state index in [1.54, 1.807) is 7.11 Å². The molecule has 0 saturated carbocycles. The van der Waals surface area contributed by atoms with E-state index in [1.165, 1.54) is 0 Å². The molecule has 5 rings (SSSR count). The Morgan fingerprint density at radius 3 is 2.53 bits per heavy atom. The molecule has 0 aliphatic carbocycles. The van der Waals surface area contributed by atoms with Crippen molar-refractivity contribution in [3.05, 3.63) is 52.4 Å². The first-order valence-electron chi connectivity index (χ1n) is 11.1. The van der Waals surface area contributed by atoms with Gasteiger partial charge in [0.05, 0.1) is 32.3 Å². The van der Waals surface area contributed by atoms with Crippen molar-refractivity contribution in [2.45, 2.75) is 18.6 Å². The SMILES string of the molecule is COc1ccc(-c2ccc3n(c2=O)C[C@@H]2[C@@H](CO)[C@H](C(=O)N4CCOCC4)[C@H]3N2C)cc1. The lowest BCUT2D eigenvalue weighted by Crippen LogP contribution is -2.46. The number of morpholine rings is 1. The van der Waals surface area contributed by atoms with Crippen molar-refractivity contribution in [3.63, 3.8) is 0 Å². The third-order valence-corrected chi connectivity index (χ3v) is 7.36. The lowest BCUT2D eigenvalue weighted by atomic mass is 9.86. The molecule has 2 bridgehead atoms. The van der Waals surface area contributed by atoms with Crippen LogP contribution in [0.5, 0.6) is 5.75 Å². The Kier molecular flexibility index (Phi) is 5.53. The van der Waals surface area contributed by atoms with Crippen LogP contribution in [0.4, 0.5) is 0 Å². The van der Waals surface area contributed by atoms with Crippen molar-refractivity contribution in [1.82, 2.24) is 14.4 Å². The number of rotatable bonds is 4. The third kappa shape index (κ3) is 3.25. The van der Waals surface area contributed by atoms with Gasteiger partial charge in [-0.1, -0.05) is 12.1 Å². The van der Waals surface area contributed by atoms with Gasteiger partial charge >= 0.3 is 0 Å². The molecule has 0 radical (unpaired) electrons. The number of methoxy groups -OCH3 is 1. The highest BCUT2D eigenvalue weighted by molar-refractivity contribution is 5.81. The highest BCUT2D eigenvalue weighted by atomic mass is 16.5. The van der Waals surface area contributed by atoms with Crippen LogP contribution in [0.1, 0.15) is 11.7 Å². The van der Waals surface area contributed by atoms with Crippen molar-refractivity contribution < 1.29 is 19.4 Å². The fourth-order valence-electron chi connectivity index (χ4n) is 5.66. The molecule has 1 amide bonds. The maximum absolute atomic E-state index is 13.5. The molecule has 2 aromatic rings. The van der Waals surface area contributed by atoms with Crippen molar-refractivity contribution in [2.24, 2.45) is 11.8 Å². The second-order valence-corrected chi connectivity index (χ2v) is 8.80. The molecular formula is C24H29N3O5. The molecule has 2 fully saturated rings. The lowest BCUT2D eigenvalue weighted by molar-refractivity contribution is -0.142. The molecule has 8 heteroatoms. The molecule has 1 N–H and O–H groups in total. The number of hydrogen-bond acceptors (Lipinski definition) is 6. The number of nitrogens with zero attached hydrogens (tertiary/aromatic N) is 3. The number of likely N-dealkylation sites (N-methyl/N-ethyl adjacent to an activating group) is 1. The topological polar surface area (TPSA) is 84.2 Å². The maximum Gasteiger partial charge on any atom is 0.258 e. The summed E-state index contributed by atoms with van der Waals surface area (Å²) in [7, 11) is 3.61. The van der Waals surface area contributed by atoms with Gasteiger partial charge in [0.15, 0.2) is 0 Å². The second kappa shape index (κ2) is 8.35. The highest BCUT2D eigenvalue weighted by Crippen LogP contribution is 2.48. The van der Waals surface area contributed by atoms with Crippen LogP contribution in [0, 0.1) is 11.8 Å². The predicted octanol–water partition coefficient (Wildman–Crippen LogP) is 0.976. The van der Waals surface area contributed by atoms with E-state index in [-0.39, 0.29) is 42.0 Å². The van der Waals surface area contributed by atoms with Crippen molar-refractivity contribution in [3.8, 4) is 16.9 Å². The molecule has 4 atom stereocenters. The molecule has 1 aromatic heterocycles. The maximum atomic E-state index is 13.5. The number of carbonyl (C=O) groups is 1. The van der Waals surface area contributed by atoms with E-state index in [4.69, 9.17) is 9.47 Å². The number of aromatic nitrogens is 1. The quantitative estimate of drug-likeness (QED) is 0.765. The van der Waals surface area contributed by atoms with Gasteiger partial charge in [-0.15, -0.1) is 0 Å². The van der Waals surface area contributed by atoms with Crippen molar-refractivity contribution in [2.75, 3.05) is 47.1 Å². The second-order valence-electron chi connectivity index (χ2n) is 8.80. The van der Waals surface area contributed by atoms with Gasteiger partial charge in [0, 0.05) is 49.5 Å². The summed E-state index contributed by atoms with van der Waals surface area (Å²) < 4.78 is 12.4. The molecule has 170 valence electrons. The van der Waals surface area contributed by atoms with Crippen LogP contribution in [0.2, 0.25) is 0 Å². The van der Waals surface area contributed by atoms with Crippen LogP contribution in [0.3, 0.4) is 0 Å². The number of aliphatic hydroxyl groups is 1. The Balaban J connectivity index is 1.55. The number of hydrogen-bond donors (Lipinski definition) is 1. The smallest absolute Gasteiger partial charge is 0.258 e. The van der Waals surface area contributed by atoms with Crippen LogP contribution >= 0.6 is 0 Å². The van der Waals surface area contributed by atoms with Gasteiger partial charge in [0.2, 0.25) is 5.91 Å². The Morgan fingerprint density at radius 2 is 1.88 bits per heavy atom. The van der Waals surface area contributed by atoms with E-state index in [1.807, 2.05) is 52.9 Å². The summed E-state index contributed by atoms with van der Waals surface area (Å²) in [6.45, 7) is 2.58. The van der Waals surface area contributed by atoms with Crippen LogP contribution in [-0.4, -0.2) is 78.5 Å². The first kappa shape index (κ1) is 21.2. The zero-order chi connectivity index (χ0) is 22.4. The minimum atomic E-state index is -0.381. The standard InChI is InChI=1S/C24H29N3O5/c1-25-20-13-27-19(8-7-17(23(27)29)15-3-5-16(31-2)6-4-15)22(25)21(18(20)14-28)24(30)26-9-11-32-12-10-26/h3-8,18,20-22,28H,9-14H2,1-2H3/t18-,20-,21+,22+/m1/s1. The van der Waals surface area contributed by atoms with Gasteiger partial charge in [-0.3, -0.25) is 14.5 Å². The zero-order valence-corrected chi connectivity index (χ0v) is 18.4. The van der Waals surface area contributed by atoms with Gasteiger partial charge in [0.1, 0.15) is 5.75 Å². The molecule has 32 heavy (non-hydrogen) atoms. The number of aliphatic hydroxyl groups excluding tert-OH is 1. The van der Waals surface area contributed by atoms with Gasteiger partial charge in [-0.05, 0) is 36.9 Å². The average Bonchev–Trinajstić information content (AvgIpc) is 3.01. The summed E-state index contributed by atoms with van der Waals surface area (Å²) in [5.41, 5.74) is 2.23.